The number of nitrogens with one attached hydrogen (secondary N) is 1. The molecule has 0 bridgehead atoms. The lowest BCUT2D eigenvalue weighted by Gasteiger charge is -2.31. The molecule has 0 aliphatic carbocycles. The molecule has 3 rings (SSSR count). The monoisotopic (exact) mass is 356 g/mol. The van der Waals surface area contributed by atoms with Gasteiger partial charge < -0.3 is 15.0 Å². The molecule has 8 heteroatoms. The van der Waals surface area contributed by atoms with E-state index >= 15 is 0 Å². The molecule has 1 atom stereocenters. The number of rotatable bonds is 3. The second-order valence-corrected chi connectivity index (χ2v) is 6.32. The van der Waals surface area contributed by atoms with E-state index in [9.17, 15) is 22.8 Å². The Morgan fingerprint density at radius 2 is 1.88 bits per heavy atom. The summed E-state index contributed by atoms with van der Waals surface area (Å²) in [6, 6.07) is 4.88. The molecule has 5 nitrogen and oxygen atoms in total. The number of halogens is 3. The molecule has 0 radical (unpaired) electrons. The van der Waals surface area contributed by atoms with Crippen molar-refractivity contribution in [2.45, 2.75) is 31.5 Å². The van der Waals surface area contributed by atoms with E-state index in [2.05, 4.69) is 5.32 Å². The molecular weight excluding hydrogens is 337 g/mol. The molecule has 1 N–H and O–H groups in total. The molecule has 2 aliphatic rings. The van der Waals surface area contributed by atoms with E-state index in [4.69, 9.17) is 4.74 Å². The maximum absolute atomic E-state index is 13.0. The number of carbonyl (C=O) groups excluding carboxylic acids is 2. The molecule has 0 aromatic heterocycles. The number of carbonyl (C=O) groups is 2. The molecule has 0 saturated carbocycles. The Bertz CT molecular complexity index is 657. The molecular formula is C17H19F3N2O3. The van der Waals surface area contributed by atoms with Crippen LogP contribution in [0.5, 0.6) is 0 Å². The second-order valence-electron chi connectivity index (χ2n) is 6.32. The minimum atomic E-state index is -4.55. The zero-order valence-electron chi connectivity index (χ0n) is 13.5. The van der Waals surface area contributed by atoms with Crippen molar-refractivity contribution in [1.29, 1.82) is 0 Å². The quantitative estimate of drug-likeness (QED) is 0.906. The average Bonchev–Trinajstić information content (AvgIpc) is 2.97. The highest BCUT2D eigenvalue weighted by Gasteiger charge is 2.39. The van der Waals surface area contributed by atoms with Crippen molar-refractivity contribution < 1.29 is 27.5 Å². The lowest BCUT2D eigenvalue weighted by atomic mass is 10.1. The van der Waals surface area contributed by atoms with Crippen LogP contribution in [-0.2, 0) is 20.5 Å². The van der Waals surface area contributed by atoms with Gasteiger partial charge in [-0.15, -0.1) is 0 Å². The molecule has 2 heterocycles. The van der Waals surface area contributed by atoms with Crippen LogP contribution in [0.1, 0.15) is 24.8 Å². The van der Waals surface area contributed by atoms with E-state index in [1.54, 1.807) is 4.90 Å². The predicted molar refractivity (Wildman–Crippen MR) is 83.7 cm³/mol. The van der Waals surface area contributed by atoms with Crippen molar-refractivity contribution in [3.8, 4) is 0 Å². The Kier molecular flexibility index (Phi) is 4.99. The van der Waals surface area contributed by atoms with Gasteiger partial charge in [0.05, 0.1) is 17.2 Å². The van der Waals surface area contributed by atoms with Crippen LogP contribution in [0.4, 0.5) is 18.9 Å². The molecule has 1 aromatic carbocycles. The summed E-state index contributed by atoms with van der Waals surface area (Å²) in [5.41, 5.74) is -1.18. The molecule has 2 fully saturated rings. The van der Waals surface area contributed by atoms with Crippen LogP contribution in [0.3, 0.4) is 0 Å². The fourth-order valence-corrected chi connectivity index (χ4v) is 3.33. The zero-order valence-corrected chi connectivity index (χ0v) is 13.5. The maximum Gasteiger partial charge on any atom is 0.418 e. The third kappa shape index (κ3) is 3.95. The molecule has 2 saturated heterocycles. The van der Waals surface area contributed by atoms with Crippen molar-refractivity contribution in [3.05, 3.63) is 29.8 Å². The smallest absolute Gasteiger partial charge is 0.381 e. The summed E-state index contributed by atoms with van der Waals surface area (Å²) in [5, 5.41) is 2.34. The number of para-hydroxylation sites is 1. The van der Waals surface area contributed by atoms with Gasteiger partial charge in [0, 0.05) is 32.2 Å². The summed E-state index contributed by atoms with van der Waals surface area (Å²) in [5.74, 6) is -1.33. The van der Waals surface area contributed by atoms with Crippen molar-refractivity contribution in [2.75, 3.05) is 25.1 Å². The third-order valence-electron chi connectivity index (χ3n) is 4.65. The van der Waals surface area contributed by atoms with Gasteiger partial charge >= 0.3 is 6.18 Å². The van der Waals surface area contributed by atoms with Gasteiger partial charge in [-0.3, -0.25) is 9.59 Å². The highest BCUT2D eigenvalue weighted by molar-refractivity contribution is 5.97. The Morgan fingerprint density at radius 1 is 1.20 bits per heavy atom. The summed E-state index contributed by atoms with van der Waals surface area (Å²) in [4.78, 5) is 26.2. The first-order chi connectivity index (χ1) is 11.9. The molecule has 1 unspecified atom stereocenters. The minimum absolute atomic E-state index is 0.0252. The van der Waals surface area contributed by atoms with Crippen LogP contribution in [0, 0.1) is 5.92 Å². The number of likely N-dealkylation sites (tertiary alicyclic amines) is 1. The largest absolute Gasteiger partial charge is 0.418 e. The van der Waals surface area contributed by atoms with E-state index in [0.717, 1.165) is 18.9 Å². The summed E-state index contributed by atoms with van der Waals surface area (Å²) in [6.07, 6.45) is -3.09. The Balaban J connectivity index is 1.68. The Hall–Kier alpha value is -2.09. The molecule has 0 spiro atoms. The number of hydrogen-bond acceptors (Lipinski definition) is 3. The highest BCUT2D eigenvalue weighted by Crippen LogP contribution is 2.35. The topological polar surface area (TPSA) is 58.6 Å². The second kappa shape index (κ2) is 7.03. The summed E-state index contributed by atoms with van der Waals surface area (Å²) in [6.45, 7) is 1.39. The number of alkyl halides is 3. The average molecular weight is 356 g/mol. The van der Waals surface area contributed by atoms with E-state index in [1.807, 2.05) is 0 Å². The zero-order chi connectivity index (χ0) is 18.0. The lowest BCUT2D eigenvalue weighted by Crippen LogP contribution is -2.41. The number of amides is 2. The first-order valence-electron chi connectivity index (χ1n) is 8.20. The van der Waals surface area contributed by atoms with Crippen LogP contribution in [-0.4, -0.2) is 42.5 Å². The van der Waals surface area contributed by atoms with Gasteiger partial charge in [0.1, 0.15) is 0 Å². The third-order valence-corrected chi connectivity index (χ3v) is 4.65. The maximum atomic E-state index is 13.0. The Labute approximate surface area is 143 Å². The first-order valence-corrected chi connectivity index (χ1v) is 8.20. The predicted octanol–water partition coefficient (Wildman–Crippen LogP) is 2.67. The lowest BCUT2D eigenvalue weighted by molar-refractivity contribution is -0.137. The van der Waals surface area contributed by atoms with Gasteiger partial charge in [0.25, 0.3) is 0 Å². The molecule has 2 aliphatic heterocycles. The van der Waals surface area contributed by atoms with Crippen molar-refractivity contribution in [2.24, 2.45) is 5.92 Å². The SMILES string of the molecule is O=C(Nc1ccccc1C(F)(F)F)C1CC(=O)N(C2CCOCC2)C1. The van der Waals surface area contributed by atoms with Crippen LogP contribution in [0.2, 0.25) is 0 Å². The number of ether oxygens (including phenoxy) is 1. The van der Waals surface area contributed by atoms with Crippen LogP contribution < -0.4 is 5.32 Å². The molecule has 2 amide bonds. The van der Waals surface area contributed by atoms with E-state index in [1.165, 1.54) is 18.2 Å². The van der Waals surface area contributed by atoms with Crippen LogP contribution in [0.25, 0.3) is 0 Å². The minimum Gasteiger partial charge on any atom is -0.381 e. The number of nitrogens with zero attached hydrogens (tertiary/aromatic N) is 1. The normalized spacial score (nSPS) is 22.3. The number of hydrogen-bond donors (Lipinski definition) is 1. The standard InChI is InChI=1S/C17H19F3N2O3/c18-17(19,20)13-3-1-2-4-14(13)21-16(24)11-9-15(23)22(10-11)12-5-7-25-8-6-12/h1-4,11-12H,5-10H2,(H,21,24). The van der Waals surface area contributed by atoms with Gasteiger partial charge in [0.2, 0.25) is 11.8 Å². The Morgan fingerprint density at radius 3 is 2.56 bits per heavy atom. The van der Waals surface area contributed by atoms with Gasteiger partial charge in [-0.2, -0.15) is 13.2 Å². The summed E-state index contributed by atoms with van der Waals surface area (Å²) < 4.78 is 44.3. The van der Waals surface area contributed by atoms with Gasteiger partial charge in [-0.05, 0) is 25.0 Å². The van der Waals surface area contributed by atoms with E-state index in [0.29, 0.717) is 13.2 Å². The van der Waals surface area contributed by atoms with E-state index < -0.39 is 23.6 Å². The van der Waals surface area contributed by atoms with Crippen LogP contribution in [0.15, 0.2) is 24.3 Å². The van der Waals surface area contributed by atoms with Crippen LogP contribution >= 0.6 is 0 Å². The summed E-state index contributed by atoms with van der Waals surface area (Å²) in [7, 11) is 0. The molecule has 25 heavy (non-hydrogen) atoms. The first kappa shape index (κ1) is 17.7. The van der Waals surface area contributed by atoms with Gasteiger partial charge in [-0.25, -0.2) is 0 Å². The van der Waals surface area contributed by atoms with Gasteiger partial charge in [-0.1, -0.05) is 12.1 Å². The van der Waals surface area contributed by atoms with Crippen molar-refractivity contribution in [3.63, 3.8) is 0 Å². The van der Waals surface area contributed by atoms with Gasteiger partial charge in [0.15, 0.2) is 0 Å². The molecule has 1 aromatic rings. The highest BCUT2D eigenvalue weighted by atomic mass is 19.4. The summed E-state index contributed by atoms with van der Waals surface area (Å²) >= 11 is 0. The molecule has 136 valence electrons. The fourth-order valence-electron chi connectivity index (χ4n) is 3.33. The van der Waals surface area contributed by atoms with E-state index in [-0.39, 0.29) is 30.6 Å². The number of benzene rings is 1. The number of anilines is 1. The fraction of sp³-hybridized carbons (Fsp3) is 0.529. The van der Waals surface area contributed by atoms with Crippen molar-refractivity contribution >= 4 is 17.5 Å². The van der Waals surface area contributed by atoms with Crippen molar-refractivity contribution in [1.82, 2.24) is 4.90 Å².